The van der Waals surface area contributed by atoms with Crippen molar-refractivity contribution in [3.05, 3.63) is 24.3 Å². The van der Waals surface area contributed by atoms with Crippen molar-refractivity contribution in [2.24, 2.45) is 0 Å². The number of nitrogens with one attached hydrogen (secondary N) is 1. The summed E-state index contributed by atoms with van der Waals surface area (Å²) in [7, 11) is 0. The van der Waals surface area contributed by atoms with Gasteiger partial charge in [-0.2, -0.15) is 0 Å². The number of para-hydroxylation sites is 2. The van der Waals surface area contributed by atoms with Gasteiger partial charge in [0.25, 0.3) is 0 Å². The van der Waals surface area contributed by atoms with Crippen LogP contribution in [0.25, 0.3) is 0 Å². The van der Waals surface area contributed by atoms with E-state index in [1.165, 1.54) is 37.3 Å². The topological polar surface area (TPSA) is 24.5 Å². The summed E-state index contributed by atoms with van der Waals surface area (Å²) in [5, 5.41) is 3.69. The lowest BCUT2D eigenvalue weighted by Crippen LogP contribution is -2.41. The molecule has 3 nitrogen and oxygen atoms in total. The Morgan fingerprint density at radius 2 is 1.95 bits per heavy atom. The molecular weight excluding hydrogens is 236 g/mol. The summed E-state index contributed by atoms with van der Waals surface area (Å²) in [5.41, 5.74) is 2.67. The standard InChI is InChI=1S/C16H24N2O/c1-2-19-14-11-13(12-14)17-15-7-3-4-8-16(15)18-9-5-6-10-18/h3-4,7-8,13-14,17H,2,5-6,9-12H2,1H3. The van der Waals surface area contributed by atoms with E-state index in [-0.39, 0.29) is 0 Å². The highest BCUT2D eigenvalue weighted by atomic mass is 16.5. The average Bonchev–Trinajstić information content (AvgIpc) is 2.91. The average molecular weight is 260 g/mol. The molecule has 1 aromatic carbocycles. The van der Waals surface area contributed by atoms with Crippen molar-refractivity contribution in [3.63, 3.8) is 0 Å². The first-order valence-corrected chi connectivity index (χ1v) is 7.59. The largest absolute Gasteiger partial charge is 0.380 e. The number of ether oxygens (including phenoxy) is 1. The van der Waals surface area contributed by atoms with Gasteiger partial charge in [-0.15, -0.1) is 0 Å². The molecule has 2 fully saturated rings. The molecule has 3 rings (SSSR count). The van der Waals surface area contributed by atoms with Crippen LogP contribution in [0.2, 0.25) is 0 Å². The van der Waals surface area contributed by atoms with Gasteiger partial charge < -0.3 is 15.0 Å². The minimum atomic E-state index is 0.474. The summed E-state index contributed by atoms with van der Waals surface area (Å²) < 4.78 is 5.63. The fourth-order valence-electron chi connectivity index (χ4n) is 3.10. The lowest BCUT2D eigenvalue weighted by atomic mass is 9.89. The van der Waals surface area contributed by atoms with Gasteiger partial charge in [-0.1, -0.05) is 12.1 Å². The molecule has 0 bridgehead atoms. The highest BCUT2D eigenvalue weighted by molar-refractivity contribution is 5.70. The fraction of sp³-hybridized carbons (Fsp3) is 0.625. The smallest absolute Gasteiger partial charge is 0.0614 e. The van der Waals surface area contributed by atoms with Crippen LogP contribution in [0.3, 0.4) is 0 Å². The van der Waals surface area contributed by atoms with E-state index in [0.717, 1.165) is 19.4 Å². The molecule has 1 aromatic rings. The molecule has 1 N–H and O–H groups in total. The van der Waals surface area contributed by atoms with Crippen molar-refractivity contribution < 1.29 is 4.74 Å². The summed E-state index contributed by atoms with van der Waals surface area (Å²) in [5.74, 6) is 0. The summed E-state index contributed by atoms with van der Waals surface area (Å²) in [6.45, 7) is 5.31. The van der Waals surface area contributed by atoms with Crippen molar-refractivity contribution in [1.29, 1.82) is 0 Å². The molecule has 19 heavy (non-hydrogen) atoms. The Hall–Kier alpha value is -1.22. The van der Waals surface area contributed by atoms with Crippen LogP contribution in [0.4, 0.5) is 11.4 Å². The second kappa shape index (κ2) is 5.83. The molecule has 1 aliphatic carbocycles. The van der Waals surface area contributed by atoms with Gasteiger partial charge in [-0.3, -0.25) is 0 Å². The van der Waals surface area contributed by atoms with Crippen LogP contribution >= 0.6 is 0 Å². The Morgan fingerprint density at radius 1 is 1.21 bits per heavy atom. The van der Waals surface area contributed by atoms with Crippen molar-refractivity contribution in [2.75, 3.05) is 29.9 Å². The van der Waals surface area contributed by atoms with E-state index in [4.69, 9.17) is 4.74 Å². The maximum atomic E-state index is 5.63. The van der Waals surface area contributed by atoms with Crippen LogP contribution in [0.15, 0.2) is 24.3 Å². The van der Waals surface area contributed by atoms with E-state index in [1.54, 1.807) is 0 Å². The van der Waals surface area contributed by atoms with Gasteiger partial charge in [-0.25, -0.2) is 0 Å². The molecule has 1 aliphatic heterocycles. The van der Waals surface area contributed by atoms with Gasteiger partial charge >= 0.3 is 0 Å². The van der Waals surface area contributed by atoms with Gasteiger partial charge in [0.15, 0.2) is 0 Å². The fourth-order valence-corrected chi connectivity index (χ4v) is 3.10. The quantitative estimate of drug-likeness (QED) is 0.879. The molecule has 3 heteroatoms. The summed E-state index contributed by atoms with van der Waals surface area (Å²) in [6, 6.07) is 9.30. The lowest BCUT2D eigenvalue weighted by molar-refractivity contribution is 0.00300. The molecule has 1 saturated carbocycles. The molecule has 0 unspecified atom stereocenters. The first-order valence-electron chi connectivity index (χ1n) is 7.59. The van der Waals surface area contributed by atoms with Gasteiger partial charge in [0.05, 0.1) is 17.5 Å². The molecule has 0 aromatic heterocycles. The molecule has 0 spiro atoms. The van der Waals surface area contributed by atoms with Crippen LogP contribution in [-0.4, -0.2) is 31.8 Å². The Balaban J connectivity index is 1.61. The number of rotatable bonds is 5. The molecule has 0 radical (unpaired) electrons. The highest BCUT2D eigenvalue weighted by Crippen LogP contribution is 2.33. The molecule has 2 aliphatic rings. The highest BCUT2D eigenvalue weighted by Gasteiger charge is 2.30. The normalized spacial score (nSPS) is 26.3. The Kier molecular flexibility index (Phi) is 3.92. The third-order valence-corrected chi connectivity index (χ3v) is 4.21. The van der Waals surface area contributed by atoms with E-state index < -0.39 is 0 Å². The van der Waals surface area contributed by atoms with Gasteiger partial charge in [-0.05, 0) is 44.7 Å². The molecule has 1 saturated heterocycles. The van der Waals surface area contributed by atoms with E-state index in [2.05, 4.69) is 41.4 Å². The molecule has 0 amide bonds. The van der Waals surface area contributed by atoms with E-state index in [1.807, 2.05) is 0 Å². The maximum Gasteiger partial charge on any atom is 0.0614 e. The molecule has 104 valence electrons. The monoisotopic (exact) mass is 260 g/mol. The van der Waals surface area contributed by atoms with Gasteiger partial charge in [0.2, 0.25) is 0 Å². The van der Waals surface area contributed by atoms with Crippen molar-refractivity contribution in [3.8, 4) is 0 Å². The lowest BCUT2D eigenvalue weighted by Gasteiger charge is -2.37. The van der Waals surface area contributed by atoms with Crippen molar-refractivity contribution in [2.45, 2.75) is 44.8 Å². The van der Waals surface area contributed by atoms with Crippen LogP contribution in [-0.2, 0) is 4.74 Å². The maximum absolute atomic E-state index is 5.63. The minimum Gasteiger partial charge on any atom is -0.380 e. The van der Waals surface area contributed by atoms with E-state index in [9.17, 15) is 0 Å². The van der Waals surface area contributed by atoms with E-state index >= 15 is 0 Å². The van der Waals surface area contributed by atoms with Crippen molar-refractivity contribution >= 4 is 11.4 Å². The van der Waals surface area contributed by atoms with E-state index in [0.29, 0.717) is 12.1 Å². The van der Waals surface area contributed by atoms with Crippen LogP contribution in [0, 0.1) is 0 Å². The molecule has 0 atom stereocenters. The Morgan fingerprint density at radius 3 is 2.68 bits per heavy atom. The third kappa shape index (κ3) is 2.86. The van der Waals surface area contributed by atoms with Crippen LogP contribution in [0.1, 0.15) is 32.6 Å². The van der Waals surface area contributed by atoms with Gasteiger partial charge in [0.1, 0.15) is 0 Å². The second-order valence-corrected chi connectivity index (χ2v) is 5.60. The summed E-state index contributed by atoms with van der Waals surface area (Å²) in [4.78, 5) is 2.50. The van der Waals surface area contributed by atoms with Crippen LogP contribution < -0.4 is 10.2 Å². The Labute approximate surface area is 115 Å². The predicted molar refractivity (Wildman–Crippen MR) is 79.9 cm³/mol. The number of hydrogen-bond acceptors (Lipinski definition) is 3. The first kappa shape index (κ1) is 12.8. The first-order chi connectivity index (χ1) is 9.36. The van der Waals surface area contributed by atoms with Gasteiger partial charge in [0, 0.05) is 25.7 Å². The number of benzene rings is 1. The minimum absolute atomic E-state index is 0.474. The molecule has 1 heterocycles. The van der Waals surface area contributed by atoms with Crippen LogP contribution in [0.5, 0.6) is 0 Å². The zero-order valence-corrected chi connectivity index (χ0v) is 11.8. The Bertz CT molecular complexity index is 409. The number of nitrogens with zero attached hydrogens (tertiary/aromatic N) is 1. The summed E-state index contributed by atoms with van der Waals surface area (Å²) >= 11 is 0. The number of anilines is 2. The molecular formula is C16H24N2O. The predicted octanol–water partition coefficient (Wildman–Crippen LogP) is 3.27. The third-order valence-electron chi connectivity index (χ3n) is 4.21. The second-order valence-electron chi connectivity index (χ2n) is 5.60. The van der Waals surface area contributed by atoms with Crippen molar-refractivity contribution in [1.82, 2.24) is 0 Å². The summed E-state index contributed by atoms with van der Waals surface area (Å²) in [6.07, 6.45) is 5.40. The zero-order chi connectivity index (χ0) is 13.1. The zero-order valence-electron chi connectivity index (χ0n) is 11.8. The number of hydrogen-bond donors (Lipinski definition) is 1. The SMILES string of the molecule is CCOC1CC(Nc2ccccc2N2CCCC2)C1.